The lowest BCUT2D eigenvalue weighted by Crippen LogP contribution is -2.30. The maximum atomic E-state index is 13.5. The van der Waals surface area contributed by atoms with Crippen LogP contribution in [-0.4, -0.2) is 10.9 Å². The van der Waals surface area contributed by atoms with Crippen molar-refractivity contribution in [3.63, 3.8) is 0 Å². The highest BCUT2D eigenvalue weighted by Crippen LogP contribution is 2.40. The van der Waals surface area contributed by atoms with E-state index in [0.717, 1.165) is 16.7 Å². The Labute approximate surface area is 177 Å². The van der Waals surface area contributed by atoms with E-state index in [1.165, 1.54) is 4.90 Å². The SMILES string of the molecule is Cc1ccc(C2c3c(oc4ccc(Cl)cc4c3=O)C(=O)N2c2cc(C)ccn2)cc1. The summed E-state index contributed by atoms with van der Waals surface area (Å²) in [4.78, 5) is 32.9. The molecule has 1 aliphatic rings. The van der Waals surface area contributed by atoms with Gasteiger partial charge in [0, 0.05) is 11.2 Å². The van der Waals surface area contributed by atoms with Crippen LogP contribution in [0.15, 0.2) is 70.0 Å². The number of halogens is 1. The van der Waals surface area contributed by atoms with E-state index < -0.39 is 6.04 Å². The van der Waals surface area contributed by atoms with Crippen LogP contribution in [-0.2, 0) is 0 Å². The molecular formula is C24H17ClN2O3. The predicted octanol–water partition coefficient (Wildman–Crippen LogP) is 5.21. The lowest BCUT2D eigenvalue weighted by Gasteiger charge is -2.24. The average Bonchev–Trinajstić information content (AvgIpc) is 3.02. The molecule has 0 spiro atoms. The van der Waals surface area contributed by atoms with Gasteiger partial charge in [-0.05, 0) is 55.3 Å². The monoisotopic (exact) mass is 416 g/mol. The first-order valence-corrected chi connectivity index (χ1v) is 9.91. The van der Waals surface area contributed by atoms with E-state index in [1.54, 1.807) is 24.4 Å². The van der Waals surface area contributed by atoms with Gasteiger partial charge in [0.1, 0.15) is 11.4 Å². The Kier molecular flexibility index (Phi) is 4.22. The number of aryl methyl sites for hydroxylation is 2. The highest BCUT2D eigenvalue weighted by Gasteiger charge is 2.44. The van der Waals surface area contributed by atoms with Crippen molar-refractivity contribution in [3.8, 4) is 0 Å². The Morgan fingerprint density at radius 1 is 0.967 bits per heavy atom. The zero-order valence-electron chi connectivity index (χ0n) is 16.3. The zero-order chi connectivity index (χ0) is 21.0. The van der Waals surface area contributed by atoms with Crippen molar-refractivity contribution in [3.05, 3.63) is 104 Å². The summed E-state index contributed by atoms with van der Waals surface area (Å²) in [5, 5.41) is 0.786. The number of rotatable bonds is 2. The molecule has 1 atom stereocenters. The molecule has 0 fully saturated rings. The molecule has 0 bridgehead atoms. The molecule has 0 saturated carbocycles. The van der Waals surface area contributed by atoms with Crippen molar-refractivity contribution >= 4 is 34.3 Å². The number of fused-ring (bicyclic) bond motifs is 2. The number of benzene rings is 2. The summed E-state index contributed by atoms with van der Waals surface area (Å²) in [5.41, 5.74) is 3.23. The second-order valence-corrected chi connectivity index (χ2v) is 7.93. The van der Waals surface area contributed by atoms with Gasteiger partial charge in [-0.2, -0.15) is 0 Å². The summed E-state index contributed by atoms with van der Waals surface area (Å²) in [7, 11) is 0. The third-order valence-electron chi connectivity index (χ3n) is 5.37. The fourth-order valence-corrected chi connectivity index (χ4v) is 4.07. The van der Waals surface area contributed by atoms with E-state index in [1.807, 2.05) is 50.2 Å². The van der Waals surface area contributed by atoms with Gasteiger partial charge in [-0.1, -0.05) is 41.4 Å². The van der Waals surface area contributed by atoms with Crippen LogP contribution in [0, 0.1) is 13.8 Å². The molecule has 0 aliphatic carbocycles. The molecular weight excluding hydrogens is 400 g/mol. The standard InChI is InChI=1S/C24H17ClN2O3/c1-13-3-5-15(6-4-13)21-20-22(28)17-12-16(25)7-8-18(17)30-23(20)24(29)27(21)19-11-14(2)9-10-26-19/h3-12,21H,1-2H3. The Morgan fingerprint density at radius 2 is 1.73 bits per heavy atom. The molecule has 1 aliphatic heterocycles. The van der Waals surface area contributed by atoms with Gasteiger partial charge in [0.25, 0.3) is 5.91 Å². The maximum absolute atomic E-state index is 13.5. The zero-order valence-corrected chi connectivity index (χ0v) is 17.1. The van der Waals surface area contributed by atoms with Gasteiger partial charge in [-0.3, -0.25) is 14.5 Å². The first kappa shape index (κ1) is 18.6. The second-order valence-electron chi connectivity index (χ2n) is 7.49. The van der Waals surface area contributed by atoms with Gasteiger partial charge in [-0.25, -0.2) is 4.98 Å². The van der Waals surface area contributed by atoms with E-state index in [9.17, 15) is 9.59 Å². The number of carbonyl (C=O) groups excluding carboxylic acids is 1. The molecule has 1 amide bonds. The molecule has 2 aromatic carbocycles. The topological polar surface area (TPSA) is 63.4 Å². The van der Waals surface area contributed by atoms with Crippen LogP contribution < -0.4 is 10.3 Å². The number of anilines is 1. The number of hydrogen-bond donors (Lipinski definition) is 0. The molecule has 6 heteroatoms. The van der Waals surface area contributed by atoms with Gasteiger partial charge in [0.2, 0.25) is 5.76 Å². The van der Waals surface area contributed by atoms with Crippen molar-refractivity contribution in [2.24, 2.45) is 0 Å². The molecule has 148 valence electrons. The van der Waals surface area contributed by atoms with Crippen LogP contribution in [0.25, 0.3) is 11.0 Å². The van der Waals surface area contributed by atoms with Crippen molar-refractivity contribution < 1.29 is 9.21 Å². The largest absolute Gasteiger partial charge is 0.450 e. The molecule has 1 unspecified atom stereocenters. The smallest absolute Gasteiger partial charge is 0.296 e. The number of hydrogen-bond acceptors (Lipinski definition) is 4. The van der Waals surface area contributed by atoms with E-state index in [-0.39, 0.29) is 17.1 Å². The maximum Gasteiger partial charge on any atom is 0.296 e. The molecule has 30 heavy (non-hydrogen) atoms. The molecule has 0 radical (unpaired) electrons. The molecule has 0 saturated heterocycles. The number of carbonyl (C=O) groups is 1. The van der Waals surface area contributed by atoms with Crippen molar-refractivity contribution in [1.29, 1.82) is 0 Å². The van der Waals surface area contributed by atoms with Crippen molar-refractivity contribution in [2.45, 2.75) is 19.9 Å². The van der Waals surface area contributed by atoms with Gasteiger partial charge in [-0.15, -0.1) is 0 Å². The van der Waals surface area contributed by atoms with E-state index >= 15 is 0 Å². The minimum atomic E-state index is -0.637. The van der Waals surface area contributed by atoms with Crippen LogP contribution in [0.4, 0.5) is 5.82 Å². The summed E-state index contributed by atoms with van der Waals surface area (Å²) in [6, 6.07) is 15.6. The third kappa shape index (κ3) is 2.82. The summed E-state index contributed by atoms with van der Waals surface area (Å²) in [5.74, 6) is 0.129. The third-order valence-corrected chi connectivity index (χ3v) is 5.61. The Balaban J connectivity index is 1.83. The van der Waals surface area contributed by atoms with Crippen LogP contribution in [0.1, 0.15) is 38.9 Å². The highest BCUT2D eigenvalue weighted by molar-refractivity contribution is 6.31. The Morgan fingerprint density at radius 3 is 2.47 bits per heavy atom. The first-order chi connectivity index (χ1) is 14.4. The Hall–Kier alpha value is -3.44. The molecule has 2 aromatic heterocycles. The van der Waals surface area contributed by atoms with Crippen molar-refractivity contribution in [2.75, 3.05) is 4.90 Å². The number of amides is 1. The van der Waals surface area contributed by atoms with Gasteiger partial charge in [0.05, 0.1) is 17.0 Å². The van der Waals surface area contributed by atoms with Gasteiger partial charge in [0.15, 0.2) is 5.43 Å². The fourth-order valence-electron chi connectivity index (χ4n) is 3.90. The molecule has 5 rings (SSSR count). The number of aromatic nitrogens is 1. The minimum Gasteiger partial charge on any atom is -0.450 e. The molecule has 0 N–H and O–H groups in total. The van der Waals surface area contributed by atoms with E-state index in [4.69, 9.17) is 16.0 Å². The predicted molar refractivity (Wildman–Crippen MR) is 116 cm³/mol. The quantitative estimate of drug-likeness (QED) is 0.450. The summed E-state index contributed by atoms with van der Waals surface area (Å²) >= 11 is 6.12. The lowest BCUT2D eigenvalue weighted by molar-refractivity contribution is 0.0970. The average molecular weight is 417 g/mol. The van der Waals surface area contributed by atoms with Crippen molar-refractivity contribution in [1.82, 2.24) is 4.98 Å². The normalized spacial score (nSPS) is 15.6. The molecule has 4 aromatic rings. The number of pyridine rings is 1. The first-order valence-electron chi connectivity index (χ1n) is 9.53. The fraction of sp³-hybridized carbons (Fsp3) is 0.125. The minimum absolute atomic E-state index is 0.0451. The summed E-state index contributed by atoms with van der Waals surface area (Å²) in [6.45, 7) is 3.92. The van der Waals surface area contributed by atoms with Crippen LogP contribution in [0.2, 0.25) is 5.02 Å². The summed E-state index contributed by atoms with van der Waals surface area (Å²) < 4.78 is 5.93. The lowest BCUT2D eigenvalue weighted by atomic mass is 9.97. The second kappa shape index (κ2) is 6.82. The number of nitrogens with zero attached hydrogens (tertiary/aromatic N) is 2. The highest BCUT2D eigenvalue weighted by atomic mass is 35.5. The molecule has 5 nitrogen and oxygen atoms in total. The van der Waals surface area contributed by atoms with Crippen LogP contribution >= 0.6 is 11.6 Å². The Bertz CT molecular complexity index is 1380. The molecule has 3 heterocycles. The van der Waals surface area contributed by atoms with Crippen LogP contribution in [0.5, 0.6) is 0 Å². The van der Waals surface area contributed by atoms with Gasteiger partial charge < -0.3 is 4.42 Å². The van der Waals surface area contributed by atoms with E-state index in [0.29, 0.717) is 27.4 Å². The van der Waals surface area contributed by atoms with Gasteiger partial charge >= 0.3 is 0 Å². The summed E-state index contributed by atoms with van der Waals surface area (Å²) in [6.07, 6.45) is 1.65. The van der Waals surface area contributed by atoms with E-state index in [2.05, 4.69) is 4.98 Å². The van der Waals surface area contributed by atoms with Crippen LogP contribution in [0.3, 0.4) is 0 Å².